The van der Waals surface area contributed by atoms with E-state index in [4.69, 9.17) is 5.73 Å². The number of nitrogens with zero attached hydrogens (tertiary/aromatic N) is 2. The fraction of sp³-hybridized carbons (Fsp3) is 0.273. The smallest absolute Gasteiger partial charge is 0.155 e. The van der Waals surface area contributed by atoms with E-state index >= 15 is 0 Å². The molecule has 0 radical (unpaired) electrons. The molecule has 1 aliphatic carbocycles. The summed E-state index contributed by atoms with van der Waals surface area (Å²) < 4.78 is 0. The molecule has 72 valence electrons. The Hall–Kier alpha value is -1.64. The summed E-state index contributed by atoms with van der Waals surface area (Å²) in [7, 11) is 0. The van der Waals surface area contributed by atoms with E-state index < -0.39 is 0 Å². The highest BCUT2D eigenvalue weighted by molar-refractivity contribution is 5.65. The average Bonchev–Trinajstić information content (AvgIpc) is 2.20. The highest BCUT2D eigenvalue weighted by Crippen LogP contribution is 2.26. The van der Waals surface area contributed by atoms with Gasteiger partial charge in [-0.1, -0.05) is 25.2 Å². The summed E-state index contributed by atoms with van der Waals surface area (Å²) in [6.07, 6.45) is 10.6. The quantitative estimate of drug-likeness (QED) is 0.732. The lowest BCUT2D eigenvalue weighted by Gasteiger charge is -2.15. The van der Waals surface area contributed by atoms with E-state index in [1.165, 1.54) is 5.57 Å². The molecule has 3 nitrogen and oxygen atoms in total. The van der Waals surface area contributed by atoms with E-state index in [9.17, 15) is 0 Å². The molecule has 1 aromatic rings. The van der Waals surface area contributed by atoms with E-state index in [0.29, 0.717) is 11.6 Å². The zero-order valence-corrected chi connectivity index (χ0v) is 8.14. The van der Waals surface area contributed by atoms with Gasteiger partial charge in [-0.2, -0.15) is 0 Å². The zero-order valence-electron chi connectivity index (χ0n) is 8.14. The second kappa shape index (κ2) is 3.62. The normalized spacial score (nSPS) is 20.6. The van der Waals surface area contributed by atoms with Crippen molar-refractivity contribution >= 4 is 11.3 Å². The van der Waals surface area contributed by atoms with Crippen LogP contribution in [-0.2, 0) is 0 Å². The minimum Gasteiger partial charge on any atom is -0.396 e. The molecule has 0 amide bonds. The maximum Gasteiger partial charge on any atom is 0.155 e. The van der Waals surface area contributed by atoms with Crippen LogP contribution in [-0.4, -0.2) is 9.97 Å². The lowest BCUT2D eigenvalue weighted by molar-refractivity contribution is 0.748. The van der Waals surface area contributed by atoms with Gasteiger partial charge in [0, 0.05) is 0 Å². The van der Waals surface area contributed by atoms with Crippen molar-refractivity contribution in [3.05, 3.63) is 36.4 Å². The number of allylic oxidation sites excluding steroid dienone is 4. The van der Waals surface area contributed by atoms with Crippen LogP contribution in [0, 0.1) is 5.92 Å². The van der Waals surface area contributed by atoms with Crippen molar-refractivity contribution in [1.82, 2.24) is 9.97 Å². The van der Waals surface area contributed by atoms with Crippen LogP contribution in [0.5, 0.6) is 0 Å². The SMILES string of the molecule is CC1CC=CC=C1c1ncc(N)cn1. The lowest BCUT2D eigenvalue weighted by Crippen LogP contribution is -2.04. The van der Waals surface area contributed by atoms with Gasteiger partial charge in [0.15, 0.2) is 5.82 Å². The Morgan fingerprint density at radius 2 is 2.07 bits per heavy atom. The molecule has 2 N–H and O–H groups in total. The van der Waals surface area contributed by atoms with E-state index in [0.717, 1.165) is 12.2 Å². The summed E-state index contributed by atoms with van der Waals surface area (Å²) in [6, 6.07) is 0. The summed E-state index contributed by atoms with van der Waals surface area (Å²) in [6.45, 7) is 2.18. The van der Waals surface area contributed by atoms with Crippen molar-refractivity contribution in [1.29, 1.82) is 0 Å². The van der Waals surface area contributed by atoms with Crippen LogP contribution in [0.25, 0.3) is 5.57 Å². The van der Waals surface area contributed by atoms with E-state index in [2.05, 4.69) is 35.1 Å². The van der Waals surface area contributed by atoms with Crippen LogP contribution in [0.1, 0.15) is 19.2 Å². The van der Waals surface area contributed by atoms with Gasteiger partial charge >= 0.3 is 0 Å². The van der Waals surface area contributed by atoms with Gasteiger partial charge in [0.1, 0.15) is 0 Å². The predicted molar refractivity (Wildman–Crippen MR) is 57.3 cm³/mol. The summed E-state index contributed by atoms with van der Waals surface area (Å²) in [5.41, 5.74) is 7.32. The second-order valence-electron chi connectivity index (χ2n) is 3.53. The number of nitrogens with two attached hydrogens (primary N) is 1. The molecular weight excluding hydrogens is 174 g/mol. The van der Waals surface area contributed by atoms with Gasteiger partial charge in [-0.15, -0.1) is 0 Å². The van der Waals surface area contributed by atoms with Crippen LogP contribution in [0.15, 0.2) is 30.6 Å². The second-order valence-corrected chi connectivity index (χ2v) is 3.53. The van der Waals surface area contributed by atoms with Gasteiger partial charge in [-0.25, -0.2) is 9.97 Å². The first-order chi connectivity index (χ1) is 6.77. The van der Waals surface area contributed by atoms with Gasteiger partial charge in [0.2, 0.25) is 0 Å². The Morgan fingerprint density at radius 3 is 2.71 bits per heavy atom. The lowest BCUT2D eigenvalue weighted by atomic mass is 9.93. The molecule has 0 aliphatic heterocycles. The Kier molecular flexibility index (Phi) is 2.31. The Balaban J connectivity index is 2.34. The third-order valence-corrected chi connectivity index (χ3v) is 2.36. The number of nitrogen functional groups attached to an aromatic ring is 1. The molecule has 1 unspecified atom stereocenters. The first kappa shape index (κ1) is 8.94. The summed E-state index contributed by atoms with van der Waals surface area (Å²) in [5.74, 6) is 1.28. The van der Waals surface area contributed by atoms with E-state index in [1.807, 2.05) is 0 Å². The predicted octanol–water partition coefficient (Wildman–Crippen LogP) is 2.04. The van der Waals surface area contributed by atoms with Gasteiger partial charge in [0.05, 0.1) is 18.1 Å². The maximum atomic E-state index is 5.53. The van der Waals surface area contributed by atoms with Crippen molar-refractivity contribution in [3.8, 4) is 0 Å². The largest absolute Gasteiger partial charge is 0.396 e. The van der Waals surface area contributed by atoms with Crippen molar-refractivity contribution in [2.45, 2.75) is 13.3 Å². The highest BCUT2D eigenvalue weighted by atomic mass is 14.9. The Morgan fingerprint density at radius 1 is 1.36 bits per heavy atom. The molecule has 0 spiro atoms. The minimum absolute atomic E-state index is 0.489. The molecule has 3 heteroatoms. The molecule has 1 atom stereocenters. The summed E-state index contributed by atoms with van der Waals surface area (Å²) >= 11 is 0. The Labute approximate surface area is 83.4 Å². The van der Waals surface area contributed by atoms with Crippen LogP contribution in [0.2, 0.25) is 0 Å². The molecule has 0 aromatic carbocycles. The van der Waals surface area contributed by atoms with Crippen LogP contribution < -0.4 is 5.73 Å². The highest BCUT2D eigenvalue weighted by Gasteiger charge is 2.13. The molecule has 0 saturated heterocycles. The molecule has 1 aromatic heterocycles. The first-order valence-electron chi connectivity index (χ1n) is 4.72. The van der Waals surface area contributed by atoms with Crippen molar-refractivity contribution in [2.24, 2.45) is 5.92 Å². The summed E-state index contributed by atoms with van der Waals surface area (Å²) in [4.78, 5) is 8.43. The van der Waals surface area contributed by atoms with Crippen molar-refractivity contribution in [3.63, 3.8) is 0 Å². The van der Waals surface area contributed by atoms with Crippen LogP contribution >= 0.6 is 0 Å². The van der Waals surface area contributed by atoms with E-state index in [-0.39, 0.29) is 0 Å². The monoisotopic (exact) mass is 187 g/mol. The zero-order chi connectivity index (χ0) is 9.97. The summed E-state index contributed by atoms with van der Waals surface area (Å²) in [5, 5.41) is 0. The fourth-order valence-corrected chi connectivity index (χ4v) is 1.53. The molecule has 0 saturated carbocycles. The molecule has 0 bridgehead atoms. The topological polar surface area (TPSA) is 51.8 Å². The van der Waals surface area contributed by atoms with Gasteiger partial charge < -0.3 is 5.73 Å². The first-order valence-corrected chi connectivity index (χ1v) is 4.72. The van der Waals surface area contributed by atoms with E-state index in [1.54, 1.807) is 12.4 Å². The standard InChI is InChI=1S/C11H13N3/c1-8-4-2-3-5-10(8)11-13-6-9(12)7-14-11/h2-3,5-8H,4,12H2,1H3. The van der Waals surface area contributed by atoms with Gasteiger partial charge in [-0.3, -0.25) is 0 Å². The van der Waals surface area contributed by atoms with Crippen molar-refractivity contribution in [2.75, 3.05) is 5.73 Å². The third-order valence-electron chi connectivity index (χ3n) is 2.36. The van der Waals surface area contributed by atoms with Crippen LogP contribution in [0.4, 0.5) is 5.69 Å². The molecule has 2 rings (SSSR count). The molecule has 0 fully saturated rings. The van der Waals surface area contributed by atoms with Crippen LogP contribution in [0.3, 0.4) is 0 Å². The number of hydrogen-bond acceptors (Lipinski definition) is 3. The number of hydrogen-bond donors (Lipinski definition) is 1. The fourth-order valence-electron chi connectivity index (χ4n) is 1.53. The van der Waals surface area contributed by atoms with Crippen molar-refractivity contribution < 1.29 is 0 Å². The maximum absolute atomic E-state index is 5.53. The third kappa shape index (κ3) is 1.66. The molecule has 1 heterocycles. The number of aromatic nitrogens is 2. The van der Waals surface area contributed by atoms with Gasteiger partial charge in [-0.05, 0) is 17.9 Å². The Bertz CT molecular complexity index is 376. The number of anilines is 1. The number of rotatable bonds is 1. The van der Waals surface area contributed by atoms with Gasteiger partial charge in [0.25, 0.3) is 0 Å². The minimum atomic E-state index is 0.489. The molecule has 14 heavy (non-hydrogen) atoms. The molecular formula is C11H13N3. The molecule has 1 aliphatic rings. The average molecular weight is 187 g/mol.